The van der Waals surface area contributed by atoms with Crippen LogP contribution in [0.2, 0.25) is 0 Å². The van der Waals surface area contributed by atoms with Gasteiger partial charge in [-0.2, -0.15) is 4.37 Å². The molecule has 2 heterocycles. The molecular formula is C32H37N3OS. The molecule has 6 rings (SSSR count). The van der Waals surface area contributed by atoms with Crippen molar-refractivity contribution >= 4 is 23.4 Å². The van der Waals surface area contributed by atoms with E-state index in [0.717, 1.165) is 56.8 Å². The molecule has 37 heavy (non-hydrogen) atoms. The second kappa shape index (κ2) is 12.4. The van der Waals surface area contributed by atoms with Crippen molar-refractivity contribution < 1.29 is 4.74 Å². The number of unbranched alkanes of at least 4 members (excludes halogenated alkanes) is 3. The Morgan fingerprint density at radius 3 is 2.59 bits per heavy atom. The molecule has 0 bridgehead atoms. The van der Waals surface area contributed by atoms with Crippen molar-refractivity contribution in [1.82, 2.24) is 13.6 Å². The molecule has 3 aromatic rings. The van der Waals surface area contributed by atoms with E-state index in [1.165, 1.54) is 69.9 Å². The Hall–Kier alpha value is -3.18. The number of likely N-dealkylation sites (N-methyl/N-ethyl adjacent to an activating group) is 1. The number of aryl methyl sites for hydroxylation is 2. The zero-order valence-corrected chi connectivity index (χ0v) is 22.9. The number of hydrogen-bond donors (Lipinski definition) is 0. The number of fused-ring (bicyclic) bond motifs is 5. The van der Waals surface area contributed by atoms with E-state index in [1.807, 2.05) is 6.08 Å². The monoisotopic (exact) mass is 511 g/mol. The standard InChI is InChI=1S/C26H28N2OS.C6H9N/c1-2-3-4-7-16-29-26-25(27-30-28-26)20-11-10-19-13-14-22-21-9-6-5-8-18(21)12-15-23(22)24(19)17-20;1-7-5-3-2-4-6-7/h5-6,8-9,13-14,17H,2-4,7,10-12,15-16H2,1H3;2-5H,6H2,1H3. The number of aromatic nitrogens is 2. The molecule has 0 atom stereocenters. The van der Waals surface area contributed by atoms with Crippen LogP contribution in [0.5, 0.6) is 5.88 Å². The Labute approximate surface area is 225 Å². The molecule has 0 amide bonds. The fraction of sp³-hybridized carbons (Fsp3) is 0.375. The van der Waals surface area contributed by atoms with Gasteiger partial charge in [0.15, 0.2) is 0 Å². The van der Waals surface area contributed by atoms with E-state index in [1.54, 1.807) is 0 Å². The van der Waals surface area contributed by atoms with Crippen molar-refractivity contribution in [3.63, 3.8) is 0 Å². The lowest BCUT2D eigenvalue weighted by Crippen LogP contribution is -2.11. The molecule has 0 fully saturated rings. The van der Waals surface area contributed by atoms with Gasteiger partial charge in [-0.3, -0.25) is 0 Å². The molecule has 0 saturated carbocycles. The van der Waals surface area contributed by atoms with Gasteiger partial charge in [-0.25, -0.2) is 0 Å². The second-order valence-electron chi connectivity index (χ2n) is 10.0. The summed E-state index contributed by atoms with van der Waals surface area (Å²) in [6.07, 6.45) is 19.7. The minimum atomic E-state index is 0.723. The summed E-state index contributed by atoms with van der Waals surface area (Å²) in [5.74, 6) is 0.723. The molecule has 1 aliphatic heterocycles. The first-order chi connectivity index (χ1) is 18.2. The van der Waals surface area contributed by atoms with Gasteiger partial charge in [-0.15, -0.1) is 4.37 Å². The molecule has 1 aromatic heterocycles. The zero-order valence-electron chi connectivity index (χ0n) is 22.1. The van der Waals surface area contributed by atoms with Crippen LogP contribution in [-0.2, 0) is 19.3 Å². The van der Waals surface area contributed by atoms with Crippen LogP contribution in [0.3, 0.4) is 0 Å². The van der Waals surface area contributed by atoms with Crippen LogP contribution in [0, 0.1) is 0 Å². The van der Waals surface area contributed by atoms with E-state index in [4.69, 9.17) is 4.74 Å². The highest BCUT2D eigenvalue weighted by Crippen LogP contribution is 2.41. The molecule has 2 aromatic carbocycles. The lowest BCUT2D eigenvalue weighted by Gasteiger charge is -2.26. The van der Waals surface area contributed by atoms with Crippen LogP contribution in [0.25, 0.3) is 22.8 Å². The molecule has 5 heteroatoms. The first-order valence-corrected chi connectivity index (χ1v) is 14.4. The van der Waals surface area contributed by atoms with Crippen LogP contribution >= 0.6 is 11.7 Å². The quantitative estimate of drug-likeness (QED) is 0.304. The van der Waals surface area contributed by atoms with Crippen LogP contribution in [0.4, 0.5) is 0 Å². The van der Waals surface area contributed by atoms with Crippen LogP contribution in [-0.4, -0.2) is 33.8 Å². The van der Waals surface area contributed by atoms with Crippen LogP contribution < -0.4 is 4.74 Å². The minimum absolute atomic E-state index is 0.723. The molecule has 0 spiro atoms. The fourth-order valence-electron chi connectivity index (χ4n) is 5.33. The number of ether oxygens (including phenoxy) is 1. The van der Waals surface area contributed by atoms with Crippen molar-refractivity contribution in [2.24, 2.45) is 0 Å². The lowest BCUT2D eigenvalue weighted by molar-refractivity contribution is 0.295. The van der Waals surface area contributed by atoms with Crippen LogP contribution in [0.15, 0.2) is 60.8 Å². The highest BCUT2D eigenvalue weighted by atomic mass is 32.1. The Balaban J connectivity index is 0.000000348. The topological polar surface area (TPSA) is 38.3 Å². The third kappa shape index (κ3) is 6.04. The lowest BCUT2D eigenvalue weighted by atomic mass is 9.79. The molecule has 3 aliphatic rings. The number of allylic oxidation sites excluding steroid dienone is 3. The highest BCUT2D eigenvalue weighted by Gasteiger charge is 2.24. The van der Waals surface area contributed by atoms with Crippen molar-refractivity contribution in [3.05, 3.63) is 88.8 Å². The van der Waals surface area contributed by atoms with E-state index in [0.29, 0.717) is 0 Å². The van der Waals surface area contributed by atoms with E-state index < -0.39 is 0 Å². The normalized spacial score (nSPS) is 15.2. The Morgan fingerprint density at radius 2 is 1.78 bits per heavy atom. The molecular weight excluding hydrogens is 474 g/mol. The third-order valence-electron chi connectivity index (χ3n) is 7.36. The summed E-state index contributed by atoms with van der Waals surface area (Å²) >= 11 is 1.26. The Bertz CT molecular complexity index is 1300. The van der Waals surface area contributed by atoms with Crippen molar-refractivity contribution in [2.75, 3.05) is 20.2 Å². The average Bonchev–Trinajstić information content (AvgIpc) is 3.41. The smallest absolute Gasteiger partial charge is 0.253 e. The van der Waals surface area contributed by atoms with Gasteiger partial charge in [0, 0.05) is 13.6 Å². The van der Waals surface area contributed by atoms with Gasteiger partial charge in [0.1, 0.15) is 5.69 Å². The molecule has 2 aliphatic carbocycles. The number of benzene rings is 2. The van der Waals surface area contributed by atoms with E-state index in [2.05, 4.69) is 88.4 Å². The van der Waals surface area contributed by atoms with Gasteiger partial charge in [-0.1, -0.05) is 74.7 Å². The van der Waals surface area contributed by atoms with Gasteiger partial charge in [0.2, 0.25) is 0 Å². The van der Waals surface area contributed by atoms with E-state index >= 15 is 0 Å². The molecule has 0 unspecified atom stereocenters. The maximum Gasteiger partial charge on any atom is 0.253 e. The molecule has 0 N–H and O–H groups in total. The van der Waals surface area contributed by atoms with Gasteiger partial charge in [-0.05, 0) is 89.4 Å². The first-order valence-electron chi connectivity index (χ1n) is 13.7. The predicted octanol–water partition coefficient (Wildman–Crippen LogP) is 7.75. The zero-order chi connectivity index (χ0) is 25.5. The predicted molar refractivity (Wildman–Crippen MR) is 156 cm³/mol. The minimum Gasteiger partial charge on any atom is -0.475 e. The summed E-state index contributed by atoms with van der Waals surface area (Å²) in [5, 5.41) is 0. The summed E-state index contributed by atoms with van der Waals surface area (Å²) in [4.78, 5) is 2.12. The fourth-order valence-corrected chi connectivity index (χ4v) is 5.86. The maximum absolute atomic E-state index is 6.02. The SMILES string of the molecule is CCCCCCOc1nsnc1C1=Cc2c(ccc3c2CCc2ccccc2-3)CC1.CN1C=CC=CC1. The summed E-state index contributed by atoms with van der Waals surface area (Å²) < 4.78 is 15.1. The van der Waals surface area contributed by atoms with Gasteiger partial charge >= 0.3 is 0 Å². The summed E-state index contributed by atoms with van der Waals surface area (Å²) in [5.41, 5.74) is 10.8. The van der Waals surface area contributed by atoms with Crippen molar-refractivity contribution in [2.45, 2.75) is 58.3 Å². The number of hydrogen-bond acceptors (Lipinski definition) is 5. The second-order valence-corrected chi connectivity index (χ2v) is 10.6. The molecule has 0 saturated heterocycles. The van der Waals surface area contributed by atoms with Crippen molar-refractivity contribution in [3.8, 4) is 17.0 Å². The molecule has 0 radical (unpaired) electrons. The Kier molecular flexibility index (Phi) is 8.52. The van der Waals surface area contributed by atoms with Gasteiger partial charge < -0.3 is 9.64 Å². The number of nitrogens with zero attached hydrogens (tertiary/aromatic N) is 3. The molecule has 192 valence electrons. The summed E-state index contributed by atoms with van der Waals surface area (Å²) in [7, 11) is 2.06. The average molecular weight is 512 g/mol. The van der Waals surface area contributed by atoms with E-state index in [-0.39, 0.29) is 0 Å². The van der Waals surface area contributed by atoms with Gasteiger partial charge in [0.05, 0.1) is 18.3 Å². The highest BCUT2D eigenvalue weighted by molar-refractivity contribution is 6.99. The maximum atomic E-state index is 6.02. The number of rotatable bonds is 7. The largest absolute Gasteiger partial charge is 0.475 e. The van der Waals surface area contributed by atoms with Crippen LogP contribution in [0.1, 0.15) is 67.0 Å². The molecule has 4 nitrogen and oxygen atoms in total. The van der Waals surface area contributed by atoms with Crippen molar-refractivity contribution in [1.29, 1.82) is 0 Å². The summed E-state index contributed by atoms with van der Waals surface area (Å²) in [6, 6.07) is 13.5. The Morgan fingerprint density at radius 1 is 0.892 bits per heavy atom. The van der Waals surface area contributed by atoms with Gasteiger partial charge in [0.25, 0.3) is 5.88 Å². The van der Waals surface area contributed by atoms with E-state index in [9.17, 15) is 0 Å². The summed E-state index contributed by atoms with van der Waals surface area (Å²) in [6.45, 7) is 4.01. The first kappa shape index (κ1) is 25.5. The third-order valence-corrected chi connectivity index (χ3v) is 7.87.